The monoisotopic (exact) mass is 228 g/mol. The molecule has 0 radical (unpaired) electrons. The summed E-state index contributed by atoms with van der Waals surface area (Å²) >= 11 is 0. The summed E-state index contributed by atoms with van der Waals surface area (Å²) in [4.78, 5) is 0. The van der Waals surface area contributed by atoms with Gasteiger partial charge in [-0.05, 0) is 32.9 Å². The van der Waals surface area contributed by atoms with Gasteiger partial charge < -0.3 is 14.9 Å². The van der Waals surface area contributed by atoms with Crippen LogP contribution in [0.1, 0.15) is 32.4 Å². The van der Waals surface area contributed by atoms with Crippen LogP contribution in [0.4, 0.5) is 4.39 Å². The number of halogens is 1. The standard InChI is InChI=1S/C12H17FO3/c1-8(14)10-5-4-9(13)6-11(10)16-7-12(2,3)15/h4-6,8,14-15H,7H2,1-3H3. The molecule has 0 saturated heterocycles. The minimum absolute atomic E-state index is 0.0379. The normalized spacial score (nSPS) is 13.6. The molecular weight excluding hydrogens is 211 g/mol. The topological polar surface area (TPSA) is 49.7 Å². The number of aliphatic hydroxyl groups excluding tert-OH is 1. The second-order valence-electron chi connectivity index (χ2n) is 4.46. The average molecular weight is 228 g/mol. The van der Waals surface area contributed by atoms with E-state index in [1.165, 1.54) is 18.2 Å². The molecule has 1 rings (SSSR count). The third-order valence-electron chi connectivity index (χ3n) is 2.01. The van der Waals surface area contributed by atoms with Crippen molar-refractivity contribution in [2.45, 2.75) is 32.5 Å². The van der Waals surface area contributed by atoms with E-state index in [4.69, 9.17) is 4.74 Å². The van der Waals surface area contributed by atoms with Crippen molar-refractivity contribution in [2.75, 3.05) is 6.61 Å². The maximum atomic E-state index is 13.0. The van der Waals surface area contributed by atoms with Gasteiger partial charge in [0.2, 0.25) is 0 Å². The number of benzene rings is 1. The molecule has 0 heterocycles. The lowest BCUT2D eigenvalue weighted by Gasteiger charge is -2.20. The zero-order chi connectivity index (χ0) is 12.3. The van der Waals surface area contributed by atoms with Gasteiger partial charge in [0.05, 0.1) is 11.7 Å². The van der Waals surface area contributed by atoms with Crippen LogP contribution in [0.3, 0.4) is 0 Å². The smallest absolute Gasteiger partial charge is 0.128 e. The van der Waals surface area contributed by atoms with Crippen LogP contribution in [0.2, 0.25) is 0 Å². The van der Waals surface area contributed by atoms with Crippen molar-refractivity contribution in [3.63, 3.8) is 0 Å². The second-order valence-corrected chi connectivity index (χ2v) is 4.46. The summed E-state index contributed by atoms with van der Waals surface area (Å²) in [5.41, 5.74) is -0.493. The molecule has 2 N–H and O–H groups in total. The summed E-state index contributed by atoms with van der Waals surface area (Å²) in [5.74, 6) is -0.174. The lowest BCUT2D eigenvalue weighted by molar-refractivity contribution is 0.0271. The highest BCUT2D eigenvalue weighted by Crippen LogP contribution is 2.26. The molecule has 0 aliphatic heterocycles. The average Bonchev–Trinajstić information content (AvgIpc) is 2.13. The van der Waals surface area contributed by atoms with Crippen LogP contribution in [0.25, 0.3) is 0 Å². The van der Waals surface area contributed by atoms with E-state index in [9.17, 15) is 14.6 Å². The first kappa shape index (κ1) is 12.9. The summed E-state index contributed by atoms with van der Waals surface area (Å²) in [7, 11) is 0. The Hall–Kier alpha value is -1.13. The van der Waals surface area contributed by atoms with E-state index in [1.54, 1.807) is 20.8 Å². The molecule has 1 atom stereocenters. The molecule has 0 bridgehead atoms. The molecule has 0 fully saturated rings. The Morgan fingerprint density at radius 1 is 1.44 bits per heavy atom. The first-order chi connectivity index (χ1) is 7.29. The van der Waals surface area contributed by atoms with Crippen molar-refractivity contribution in [1.29, 1.82) is 0 Å². The SMILES string of the molecule is CC(O)c1ccc(F)cc1OCC(C)(C)O. The number of hydrogen-bond acceptors (Lipinski definition) is 3. The van der Waals surface area contributed by atoms with Crippen molar-refractivity contribution in [1.82, 2.24) is 0 Å². The summed E-state index contributed by atoms with van der Waals surface area (Å²) < 4.78 is 18.3. The molecule has 1 aromatic rings. The third-order valence-corrected chi connectivity index (χ3v) is 2.01. The number of aliphatic hydroxyl groups is 2. The maximum Gasteiger partial charge on any atom is 0.128 e. The fourth-order valence-electron chi connectivity index (χ4n) is 1.23. The highest BCUT2D eigenvalue weighted by molar-refractivity contribution is 5.35. The summed E-state index contributed by atoms with van der Waals surface area (Å²) in [6.07, 6.45) is -0.739. The summed E-state index contributed by atoms with van der Waals surface area (Å²) in [5, 5.41) is 19.0. The second kappa shape index (κ2) is 4.80. The highest BCUT2D eigenvalue weighted by Gasteiger charge is 2.16. The van der Waals surface area contributed by atoms with Crippen LogP contribution in [0.15, 0.2) is 18.2 Å². The molecule has 0 aliphatic rings. The Kier molecular flexibility index (Phi) is 3.88. The Bertz CT molecular complexity index is 356. The van der Waals surface area contributed by atoms with E-state index >= 15 is 0 Å². The van der Waals surface area contributed by atoms with Crippen LogP contribution < -0.4 is 4.74 Å². The van der Waals surface area contributed by atoms with Gasteiger partial charge in [0.1, 0.15) is 18.2 Å². The Morgan fingerprint density at radius 3 is 2.56 bits per heavy atom. The molecule has 0 amide bonds. The van der Waals surface area contributed by atoms with Crippen molar-refractivity contribution >= 4 is 0 Å². The molecule has 0 saturated carbocycles. The molecule has 0 aromatic heterocycles. The van der Waals surface area contributed by atoms with E-state index in [1.807, 2.05) is 0 Å². The van der Waals surface area contributed by atoms with Gasteiger partial charge in [-0.1, -0.05) is 0 Å². The number of ether oxygens (including phenoxy) is 1. The lowest BCUT2D eigenvalue weighted by atomic mass is 10.1. The van der Waals surface area contributed by atoms with Gasteiger partial charge >= 0.3 is 0 Å². The molecule has 16 heavy (non-hydrogen) atoms. The van der Waals surface area contributed by atoms with E-state index in [0.717, 1.165) is 0 Å². The summed E-state index contributed by atoms with van der Waals surface area (Å²) in [6, 6.07) is 3.94. The molecule has 3 nitrogen and oxygen atoms in total. The minimum Gasteiger partial charge on any atom is -0.490 e. The van der Waals surface area contributed by atoms with Crippen molar-refractivity contribution < 1.29 is 19.3 Å². The zero-order valence-corrected chi connectivity index (χ0v) is 9.70. The van der Waals surface area contributed by atoms with Crippen LogP contribution in [0, 0.1) is 5.82 Å². The lowest BCUT2D eigenvalue weighted by Crippen LogP contribution is -2.28. The molecule has 4 heteroatoms. The van der Waals surface area contributed by atoms with E-state index in [-0.39, 0.29) is 12.4 Å². The van der Waals surface area contributed by atoms with Crippen molar-refractivity contribution in [3.05, 3.63) is 29.6 Å². The Morgan fingerprint density at radius 2 is 2.06 bits per heavy atom. The first-order valence-electron chi connectivity index (χ1n) is 5.12. The predicted octanol–water partition coefficient (Wildman–Crippen LogP) is 2.03. The maximum absolute atomic E-state index is 13.0. The van der Waals surface area contributed by atoms with E-state index in [2.05, 4.69) is 0 Å². The number of rotatable bonds is 4. The predicted molar refractivity (Wildman–Crippen MR) is 58.8 cm³/mol. The van der Waals surface area contributed by atoms with Crippen LogP contribution in [-0.4, -0.2) is 22.4 Å². The molecule has 90 valence electrons. The first-order valence-corrected chi connectivity index (χ1v) is 5.12. The molecular formula is C12H17FO3. The molecule has 1 unspecified atom stereocenters. The quantitative estimate of drug-likeness (QED) is 0.829. The van der Waals surface area contributed by atoms with Gasteiger partial charge in [0.25, 0.3) is 0 Å². The molecule has 0 aliphatic carbocycles. The number of hydrogen-bond donors (Lipinski definition) is 2. The Balaban J connectivity index is 2.88. The molecule has 1 aromatic carbocycles. The summed E-state index contributed by atoms with van der Waals surface area (Å²) in [6.45, 7) is 4.79. The van der Waals surface area contributed by atoms with E-state index < -0.39 is 17.5 Å². The van der Waals surface area contributed by atoms with Crippen molar-refractivity contribution in [3.8, 4) is 5.75 Å². The van der Waals surface area contributed by atoms with Crippen LogP contribution in [-0.2, 0) is 0 Å². The fourth-order valence-corrected chi connectivity index (χ4v) is 1.23. The van der Waals surface area contributed by atoms with Crippen LogP contribution in [0.5, 0.6) is 5.75 Å². The van der Waals surface area contributed by atoms with Gasteiger partial charge in [-0.2, -0.15) is 0 Å². The largest absolute Gasteiger partial charge is 0.490 e. The minimum atomic E-state index is -0.998. The zero-order valence-electron chi connectivity index (χ0n) is 9.70. The molecule has 0 spiro atoms. The van der Waals surface area contributed by atoms with Crippen molar-refractivity contribution in [2.24, 2.45) is 0 Å². The highest BCUT2D eigenvalue weighted by atomic mass is 19.1. The van der Waals surface area contributed by atoms with E-state index in [0.29, 0.717) is 5.56 Å². The van der Waals surface area contributed by atoms with Gasteiger partial charge in [0.15, 0.2) is 0 Å². The fraction of sp³-hybridized carbons (Fsp3) is 0.500. The van der Waals surface area contributed by atoms with Gasteiger partial charge in [-0.15, -0.1) is 0 Å². The van der Waals surface area contributed by atoms with Gasteiger partial charge in [0, 0.05) is 11.6 Å². The van der Waals surface area contributed by atoms with Gasteiger partial charge in [-0.25, -0.2) is 4.39 Å². The Labute approximate surface area is 94.5 Å². The van der Waals surface area contributed by atoms with Crippen LogP contribution >= 0.6 is 0 Å². The third kappa shape index (κ3) is 3.79. The van der Waals surface area contributed by atoms with Gasteiger partial charge in [-0.3, -0.25) is 0 Å².